The van der Waals surface area contributed by atoms with Crippen LogP contribution in [0, 0.1) is 5.82 Å². The number of ketones is 1. The van der Waals surface area contributed by atoms with Crippen LogP contribution in [-0.2, 0) is 5.75 Å². The molecule has 140 valence electrons. The van der Waals surface area contributed by atoms with E-state index in [0.29, 0.717) is 15.9 Å². The highest BCUT2D eigenvalue weighted by molar-refractivity contribution is 8.00. The van der Waals surface area contributed by atoms with Gasteiger partial charge in [0.05, 0.1) is 13.7 Å². The summed E-state index contributed by atoms with van der Waals surface area (Å²) in [5.41, 5.74) is 1.28. The van der Waals surface area contributed by atoms with Crippen LogP contribution < -0.4 is 10.1 Å². The molecule has 0 atom stereocenters. The summed E-state index contributed by atoms with van der Waals surface area (Å²) in [6, 6.07) is 11.7. The summed E-state index contributed by atoms with van der Waals surface area (Å²) in [6.07, 6.45) is 0. The van der Waals surface area contributed by atoms with Crippen LogP contribution in [0.2, 0.25) is 5.02 Å². The third kappa shape index (κ3) is 5.18. The largest absolute Gasteiger partial charge is 0.494 e. The second kappa shape index (κ2) is 9.16. The first-order valence-electron chi connectivity index (χ1n) is 7.87. The molecular weight excluding hydrogens is 409 g/mol. The van der Waals surface area contributed by atoms with Gasteiger partial charge in [-0.1, -0.05) is 52.9 Å². The fourth-order valence-electron chi connectivity index (χ4n) is 2.19. The number of thioether (sulfide) groups is 1. The zero-order chi connectivity index (χ0) is 19.2. The van der Waals surface area contributed by atoms with Crippen LogP contribution in [-0.4, -0.2) is 29.6 Å². The number of benzene rings is 2. The molecule has 5 nitrogen and oxygen atoms in total. The van der Waals surface area contributed by atoms with Crippen molar-refractivity contribution in [1.82, 2.24) is 10.2 Å². The summed E-state index contributed by atoms with van der Waals surface area (Å²) in [7, 11) is 1.37. The molecule has 0 fully saturated rings. The number of hydrogen-bond acceptors (Lipinski definition) is 7. The second-order valence-corrected chi connectivity index (χ2v) is 7.99. The fourth-order valence-corrected chi connectivity index (χ4v) is 4.23. The van der Waals surface area contributed by atoms with E-state index in [4.69, 9.17) is 16.3 Å². The first-order valence-corrected chi connectivity index (χ1v) is 10.0. The molecule has 2 aromatic carbocycles. The van der Waals surface area contributed by atoms with Crippen LogP contribution in [0.5, 0.6) is 5.75 Å². The zero-order valence-corrected chi connectivity index (χ0v) is 16.6. The summed E-state index contributed by atoms with van der Waals surface area (Å²) in [4.78, 5) is 12.2. The molecule has 3 aromatic rings. The predicted octanol–water partition coefficient (Wildman–Crippen LogP) is 4.93. The Kier molecular flexibility index (Phi) is 6.65. The molecule has 3 rings (SSSR count). The predicted molar refractivity (Wildman–Crippen MR) is 107 cm³/mol. The highest BCUT2D eigenvalue weighted by atomic mass is 35.5. The van der Waals surface area contributed by atoms with Crippen molar-refractivity contribution in [3.05, 3.63) is 64.4 Å². The lowest BCUT2D eigenvalue weighted by Gasteiger charge is -2.05. The van der Waals surface area contributed by atoms with E-state index >= 15 is 0 Å². The molecule has 0 unspecified atom stereocenters. The van der Waals surface area contributed by atoms with E-state index in [0.717, 1.165) is 16.0 Å². The number of hydrogen-bond donors (Lipinski definition) is 1. The van der Waals surface area contributed by atoms with Crippen molar-refractivity contribution in [1.29, 1.82) is 0 Å². The summed E-state index contributed by atoms with van der Waals surface area (Å²) in [6.45, 7) is -0.00438. The number of halogens is 2. The summed E-state index contributed by atoms with van der Waals surface area (Å²) < 4.78 is 19.3. The van der Waals surface area contributed by atoms with Gasteiger partial charge in [-0.2, -0.15) is 0 Å². The Balaban J connectivity index is 1.54. The molecule has 27 heavy (non-hydrogen) atoms. The Morgan fingerprint density at radius 1 is 1.30 bits per heavy atom. The molecule has 0 aliphatic heterocycles. The van der Waals surface area contributed by atoms with Crippen LogP contribution in [0.25, 0.3) is 0 Å². The highest BCUT2D eigenvalue weighted by Gasteiger charge is 2.12. The van der Waals surface area contributed by atoms with Crippen molar-refractivity contribution >= 4 is 45.6 Å². The average molecular weight is 424 g/mol. The standard InChI is InChI=1S/C18H15ClFN3O2S2/c1-25-16-7-6-11(8-14(16)20)15(24)9-21-17-22-23-18(27-17)26-10-12-4-2-3-5-13(12)19/h2-8H,9-10H2,1H3,(H,21,22). The van der Waals surface area contributed by atoms with Crippen molar-refractivity contribution in [2.45, 2.75) is 10.1 Å². The van der Waals surface area contributed by atoms with E-state index < -0.39 is 5.82 Å². The molecule has 0 radical (unpaired) electrons. The van der Waals surface area contributed by atoms with Gasteiger partial charge >= 0.3 is 0 Å². The lowest BCUT2D eigenvalue weighted by Crippen LogP contribution is -2.14. The molecule has 0 aliphatic rings. The van der Waals surface area contributed by atoms with Gasteiger partial charge in [0.1, 0.15) is 0 Å². The molecule has 0 saturated carbocycles. The van der Waals surface area contributed by atoms with Crippen LogP contribution in [0.15, 0.2) is 46.8 Å². The van der Waals surface area contributed by atoms with Gasteiger partial charge in [0.25, 0.3) is 0 Å². The first-order chi connectivity index (χ1) is 13.1. The maximum Gasteiger partial charge on any atom is 0.206 e. The lowest BCUT2D eigenvalue weighted by atomic mass is 10.1. The van der Waals surface area contributed by atoms with E-state index in [1.807, 2.05) is 24.3 Å². The number of Topliss-reactive ketones (excluding diaryl/α,β-unsaturated/α-hetero) is 1. The van der Waals surface area contributed by atoms with Gasteiger partial charge in [-0.25, -0.2) is 4.39 Å². The fraction of sp³-hybridized carbons (Fsp3) is 0.167. The quantitative estimate of drug-likeness (QED) is 0.409. The Morgan fingerprint density at radius 2 is 2.11 bits per heavy atom. The number of carbonyl (C=O) groups excluding carboxylic acids is 1. The number of carbonyl (C=O) groups is 1. The molecule has 0 aliphatic carbocycles. The Hall–Kier alpha value is -2.16. The van der Waals surface area contributed by atoms with Crippen molar-refractivity contribution in [3.8, 4) is 5.75 Å². The summed E-state index contributed by atoms with van der Waals surface area (Å²) >= 11 is 9.00. The van der Waals surface area contributed by atoms with Crippen LogP contribution in [0.3, 0.4) is 0 Å². The van der Waals surface area contributed by atoms with Gasteiger partial charge in [0.2, 0.25) is 5.13 Å². The van der Waals surface area contributed by atoms with Crippen molar-refractivity contribution in [2.24, 2.45) is 0 Å². The molecule has 1 N–H and O–H groups in total. The van der Waals surface area contributed by atoms with Crippen molar-refractivity contribution < 1.29 is 13.9 Å². The van der Waals surface area contributed by atoms with E-state index in [1.54, 1.807) is 0 Å². The first kappa shape index (κ1) is 19.6. The normalized spacial score (nSPS) is 10.6. The van der Waals surface area contributed by atoms with Gasteiger partial charge in [0.15, 0.2) is 21.7 Å². The van der Waals surface area contributed by atoms with Gasteiger partial charge < -0.3 is 10.1 Å². The van der Waals surface area contributed by atoms with Crippen LogP contribution in [0.1, 0.15) is 15.9 Å². The molecular formula is C18H15ClFN3O2S2. The van der Waals surface area contributed by atoms with Crippen molar-refractivity contribution in [3.63, 3.8) is 0 Å². The number of nitrogens with one attached hydrogen (secondary N) is 1. The Labute approximate surface area is 168 Å². The molecule has 9 heteroatoms. The molecule has 1 heterocycles. The summed E-state index contributed by atoms with van der Waals surface area (Å²) in [5.74, 6) is -0.0448. The molecule has 1 aromatic heterocycles. The minimum absolute atomic E-state index is 0.00438. The number of aromatic nitrogens is 2. The summed E-state index contributed by atoms with van der Waals surface area (Å²) in [5, 5.41) is 12.3. The molecule has 0 spiro atoms. The monoisotopic (exact) mass is 423 g/mol. The van der Waals surface area contributed by atoms with E-state index in [2.05, 4.69) is 15.5 Å². The zero-order valence-electron chi connectivity index (χ0n) is 14.2. The SMILES string of the molecule is COc1ccc(C(=O)CNc2nnc(SCc3ccccc3Cl)s2)cc1F. The minimum Gasteiger partial charge on any atom is -0.494 e. The van der Waals surface area contributed by atoms with E-state index in [1.165, 1.54) is 42.3 Å². The number of anilines is 1. The number of nitrogens with zero attached hydrogens (tertiary/aromatic N) is 2. The number of methoxy groups -OCH3 is 1. The Morgan fingerprint density at radius 3 is 2.85 bits per heavy atom. The third-order valence-corrected chi connectivity index (χ3v) is 6.02. The van der Waals surface area contributed by atoms with Gasteiger partial charge in [0, 0.05) is 16.3 Å². The topological polar surface area (TPSA) is 64.1 Å². The van der Waals surface area contributed by atoms with E-state index in [9.17, 15) is 9.18 Å². The van der Waals surface area contributed by atoms with Gasteiger partial charge in [-0.15, -0.1) is 10.2 Å². The lowest BCUT2D eigenvalue weighted by molar-refractivity contribution is 0.101. The number of rotatable bonds is 8. The van der Waals surface area contributed by atoms with Crippen molar-refractivity contribution in [2.75, 3.05) is 19.0 Å². The minimum atomic E-state index is -0.572. The Bertz CT molecular complexity index is 952. The second-order valence-electron chi connectivity index (χ2n) is 5.38. The van der Waals surface area contributed by atoms with Gasteiger partial charge in [-0.05, 0) is 29.8 Å². The maximum atomic E-state index is 13.7. The maximum absolute atomic E-state index is 13.7. The number of ether oxygens (including phenoxy) is 1. The van der Waals surface area contributed by atoms with Crippen LogP contribution in [0.4, 0.5) is 9.52 Å². The molecule has 0 bridgehead atoms. The average Bonchev–Trinajstić information content (AvgIpc) is 3.13. The van der Waals surface area contributed by atoms with Gasteiger partial charge in [-0.3, -0.25) is 4.79 Å². The smallest absolute Gasteiger partial charge is 0.206 e. The third-order valence-electron chi connectivity index (χ3n) is 3.59. The highest BCUT2D eigenvalue weighted by Crippen LogP contribution is 2.30. The van der Waals surface area contributed by atoms with Crippen LogP contribution >= 0.6 is 34.7 Å². The molecule has 0 amide bonds. The molecule has 0 saturated heterocycles. The van der Waals surface area contributed by atoms with E-state index in [-0.39, 0.29) is 23.6 Å².